The number of sulfonamides is 1. The van der Waals surface area contributed by atoms with Crippen LogP contribution >= 0.6 is 0 Å². The summed E-state index contributed by atoms with van der Waals surface area (Å²) in [5, 5.41) is 0. The maximum Gasteiger partial charge on any atom is 0.243 e. The van der Waals surface area contributed by atoms with Crippen molar-refractivity contribution in [2.24, 2.45) is 0 Å². The summed E-state index contributed by atoms with van der Waals surface area (Å²) in [6, 6.07) is 14.5. The average Bonchev–Trinajstić information content (AvgIpc) is 2.48. The van der Waals surface area contributed by atoms with E-state index >= 15 is 0 Å². The number of para-hydroxylation sites is 1. The molecule has 2 aromatic carbocycles. The van der Waals surface area contributed by atoms with E-state index in [1.54, 1.807) is 0 Å². The molecule has 21 heavy (non-hydrogen) atoms. The smallest absolute Gasteiger partial charge is 0.243 e. The third kappa shape index (κ3) is 4.54. The van der Waals surface area contributed by atoms with Crippen molar-refractivity contribution in [3.05, 3.63) is 60.4 Å². The summed E-state index contributed by atoms with van der Waals surface area (Å²) in [4.78, 5) is -0.339. The number of nitrogens with one attached hydrogen (secondary N) is 1. The Morgan fingerprint density at radius 1 is 1.00 bits per heavy atom. The van der Waals surface area contributed by atoms with Crippen LogP contribution in [0.2, 0.25) is 0 Å². The van der Waals surface area contributed by atoms with Crippen molar-refractivity contribution in [2.45, 2.75) is 11.3 Å². The molecule has 0 fully saturated rings. The molecule has 0 aliphatic rings. The summed E-state index contributed by atoms with van der Waals surface area (Å²) in [6.07, 6.45) is 0.489. The summed E-state index contributed by atoms with van der Waals surface area (Å²) in [6.45, 7) is 0.563. The highest BCUT2D eigenvalue weighted by atomic mass is 32.2. The quantitative estimate of drug-likeness (QED) is 0.800. The number of rotatable bonds is 7. The third-order valence-electron chi connectivity index (χ3n) is 2.75. The van der Waals surface area contributed by atoms with E-state index in [2.05, 4.69) is 4.72 Å². The second kappa shape index (κ2) is 7.19. The Hall–Kier alpha value is -1.92. The lowest BCUT2D eigenvalue weighted by Crippen LogP contribution is -2.26. The van der Waals surface area contributed by atoms with Gasteiger partial charge in [-0.2, -0.15) is 0 Å². The topological polar surface area (TPSA) is 55.4 Å². The van der Waals surface area contributed by atoms with E-state index < -0.39 is 15.8 Å². The van der Waals surface area contributed by atoms with Gasteiger partial charge in [0.05, 0.1) is 6.61 Å². The zero-order valence-electron chi connectivity index (χ0n) is 11.3. The van der Waals surface area contributed by atoms with Crippen molar-refractivity contribution >= 4 is 10.0 Å². The maximum absolute atomic E-state index is 13.4. The summed E-state index contributed by atoms with van der Waals surface area (Å²) >= 11 is 0. The zero-order valence-corrected chi connectivity index (χ0v) is 12.1. The van der Waals surface area contributed by atoms with Crippen LogP contribution in [0.15, 0.2) is 59.5 Å². The van der Waals surface area contributed by atoms with Gasteiger partial charge in [0.1, 0.15) is 16.5 Å². The van der Waals surface area contributed by atoms with Crippen LogP contribution < -0.4 is 9.46 Å². The number of benzene rings is 2. The zero-order chi connectivity index (χ0) is 15.1. The van der Waals surface area contributed by atoms with Crippen LogP contribution in [0.1, 0.15) is 6.42 Å². The van der Waals surface area contributed by atoms with Crippen LogP contribution in [0.4, 0.5) is 4.39 Å². The van der Waals surface area contributed by atoms with Gasteiger partial charge in [-0.25, -0.2) is 17.5 Å². The Labute approximate surface area is 123 Å². The molecule has 0 spiro atoms. The highest BCUT2D eigenvalue weighted by molar-refractivity contribution is 7.89. The van der Waals surface area contributed by atoms with E-state index in [1.165, 1.54) is 18.2 Å². The van der Waals surface area contributed by atoms with E-state index in [0.717, 1.165) is 11.8 Å². The number of ether oxygens (including phenoxy) is 1. The summed E-state index contributed by atoms with van der Waals surface area (Å²) in [5.74, 6) is -0.0278. The first kappa shape index (κ1) is 15.5. The molecular formula is C15H16FNO3S. The molecule has 112 valence electrons. The standard InChI is InChI=1S/C15H16FNO3S/c16-14-9-4-5-10-15(14)21(18,19)17-11-6-12-20-13-7-2-1-3-8-13/h1-5,7-10,17H,6,11-12H2. The van der Waals surface area contributed by atoms with Gasteiger partial charge < -0.3 is 4.74 Å². The second-order valence-corrected chi connectivity index (χ2v) is 6.08. The number of halogens is 1. The van der Waals surface area contributed by atoms with Gasteiger partial charge >= 0.3 is 0 Å². The molecule has 0 atom stereocenters. The van der Waals surface area contributed by atoms with Gasteiger partial charge in [0.25, 0.3) is 0 Å². The van der Waals surface area contributed by atoms with Gasteiger partial charge in [0.2, 0.25) is 10.0 Å². The van der Waals surface area contributed by atoms with E-state index in [0.29, 0.717) is 13.0 Å². The molecule has 0 unspecified atom stereocenters. The van der Waals surface area contributed by atoms with Crippen LogP contribution in [0.5, 0.6) is 5.75 Å². The van der Waals surface area contributed by atoms with Crippen molar-refractivity contribution in [3.63, 3.8) is 0 Å². The van der Waals surface area contributed by atoms with E-state index in [1.807, 2.05) is 30.3 Å². The van der Waals surface area contributed by atoms with Crippen molar-refractivity contribution < 1.29 is 17.5 Å². The van der Waals surface area contributed by atoms with Gasteiger partial charge in [-0.15, -0.1) is 0 Å². The van der Waals surface area contributed by atoms with Crippen LogP contribution in [-0.2, 0) is 10.0 Å². The molecule has 0 saturated heterocycles. The predicted molar refractivity (Wildman–Crippen MR) is 78.1 cm³/mol. The third-order valence-corrected chi connectivity index (χ3v) is 4.25. The SMILES string of the molecule is O=S(=O)(NCCCOc1ccccc1)c1ccccc1F. The minimum Gasteiger partial charge on any atom is -0.494 e. The van der Waals surface area contributed by atoms with Crippen molar-refractivity contribution in [1.82, 2.24) is 4.72 Å². The summed E-state index contributed by atoms with van der Waals surface area (Å²) in [7, 11) is -3.82. The molecule has 1 N–H and O–H groups in total. The van der Waals surface area contributed by atoms with E-state index in [9.17, 15) is 12.8 Å². The molecule has 4 nitrogen and oxygen atoms in total. The number of hydrogen-bond donors (Lipinski definition) is 1. The molecule has 0 heterocycles. The van der Waals surface area contributed by atoms with Crippen LogP contribution in [0.25, 0.3) is 0 Å². The maximum atomic E-state index is 13.4. The minimum absolute atomic E-state index is 0.184. The fraction of sp³-hybridized carbons (Fsp3) is 0.200. The Morgan fingerprint density at radius 2 is 1.67 bits per heavy atom. The predicted octanol–water partition coefficient (Wildman–Crippen LogP) is 2.57. The van der Waals surface area contributed by atoms with Gasteiger partial charge in [-0.1, -0.05) is 30.3 Å². The highest BCUT2D eigenvalue weighted by Gasteiger charge is 2.17. The molecule has 2 aromatic rings. The largest absolute Gasteiger partial charge is 0.494 e. The lowest BCUT2D eigenvalue weighted by atomic mass is 10.3. The van der Waals surface area contributed by atoms with Gasteiger partial charge in [-0.05, 0) is 30.7 Å². The molecule has 0 aliphatic carbocycles. The molecule has 0 amide bonds. The van der Waals surface area contributed by atoms with Gasteiger partial charge in [0, 0.05) is 6.54 Å². The normalized spacial score (nSPS) is 11.3. The lowest BCUT2D eigenvalue weighted by Gasteiger charge is -2.08. The first-order chi connectivity index (χ1) is 10.1. The summed E-state index contributed by atoms with van der Waals surface area (Å²) < 4.78 is 45.0. The molecule has 6 heteroatoms. The van der Waals surface area contributed by atoms with E-state index in [-0.39, 0.29) is 11.4 Å². The Balaban J connectivity index is 1.79. The van der Waals surface area contributed by atoms with Gasteiger partial charge in [0.15, 0.2) is 0 Å². The van der Waals surface area contributed by atoms with Crippen LogP contribution in [0, 0.1) is 5.82 Å². The first-order valence-corrected chi connectivity index (χ1v) is 8.00. The number of hydrogen-bond acceptors (Lipinski definition) is 3. The Kier molecular flexibility index (Phi) is 5.30. The minimum atomic E-state index is -3.82. The van der Waals surface area contributed by atoms with Crippen molar-refractivity contribution in [1.29, 1.82) is 0 Å². The Morgan fingerprint density at radius 3 is 2.38 bits per heavy atom. The second-order valence-electron chi connectivity index (χ2n) is 4.34. The first-order valence-electron chi connectivity index (χ1n) is 6.51. The molecule has 0 radical (unpaired) electrons. The van der Waals surface area contributed by atoms with Crippen molar-refractivity contribution in [2.75, 3.05) is 13.2 Å². The molecule has 2 rings (SSSR count). The fourth-order valence-corrected chi connectivity index (χ4v) is 2.88. The fourth-order valence-electron chi connectivity index (χ4n) is 1.73. The highest BCUT2D eigenvalue weighted by Crippen LogP contribution is 2.13. The van der Waals surface area contributed by atoms with Crippen LogP contribution in [0.3, 0.4) is 0 Å². The van der Waals surface area contributed by atoms with E-state index in [4.69, 9.17) is 4.74 Å². The Bertz CT molecular complexity index is 674. The van der Waals surface area contributed by atoms with Gasteiger partial charge in [-0.3, -0.25) is 0 Å². The monoisotopic (exact) mass is 309 g/mol. The molecule has 0 bridgehead atoms. The van der Waals surface area contributed by atoms with Crippen molar-refractivity contribution in [3.8, 4) is 5.75 Å². The molecule has 0 saturated carbocycles. The molecule has 0 aliphatic heterocycles. The summed E-state index contributed by atoms with van der Waals surface area (Å²) in [5.41, 5.74) is 0. The molecule has 0 aromatic heterocycles. The van der Waals surface area contributed by atoms with Crippen LogP contribution in [-0.4, -0.2) is 21.6 Å². The lowest BCUT2D eigenvalue weighted by molar-refractivity contribution is 0.311. The molecular weight excluding hydrogens is 293 g/mol. The average molecular weight is 309 g/mol.